The van der Waals surface area contributed by atoms with Crippen molar-refractivity contribution < 1.29 is 24.2 Å². The highest BCUT2D eigenvalue weighted by Gasteiger charge is 2.46. The lowest BCUT2D eigenvalue weighted by molar-refractivity contribution is -0.140. The first-order chi connectivity index (χ1) is 16.3. The SMILES string of the molecule is CCCCOc1ccc(C2C(=C(O)c3ccc(OC)cc3C)C(=O)C(=O)N2CCN(C)C)cc1. The molecule has 0 spiro atoms. The topological polar surface area (TPSA) is 79.3 Å². The molecule has 7 nitrogen and oxygen atoms in total. The normalized spacial score (nSPS) is 17.5. The van der Waals surface area contributed by atoms with Crippen LogP contribution in [0.15, 0.2) is 48.0 Å². The maximum Gasteiger partial charge on any atom is 0.295 e. The Morgan fingerprint density at radius 1 is 1.09 bits per heavy atom. The van der Waals surface area contributed by atoms with Gasteiger partial charge in [-0.15, -0.1) is 0 Å². The van der Waals surface area contributed by atoms with E-state index >= 15 is 0 Å². The van der Waals surface area contributed by atoms with Gasteiger partial charge in [0.05, 0.1) is 25.3 Å². The molecule has 0 radical (unpaired) electrons. The van der Waals surface area contributed by atoms with E-state index in [1.54, 1.807) is 30.2 Å². The molecule has 1 saturated heterocycles. The van der Waals surface area contributed by atoms with Crippen LogP contribution < -0.4 is 9.47 Å². The highest BCUT2D eigenvalue weighted by Crippen LogP contribution is 2.40. The van der Waals surface area contributed by atoms with Crippen LogP contribution in [0, 0.1) is 6.92 Å². The van der Waals surface area contributed by atoms with E-state index < -0.39 is 17.7 Å². The standard InChI is InChI=1S/C27H34N2O5/c1-6-7-16-34-20-10-8-19(9-11-20)24-23(26(31)27(32)29(24)15-14-28(3)4)25(30)22-13-12-21(33-5)17-18(22)2/h8-13,17,24,30H,6-7,14-16H2,1-5H3. The van der Waals surface area contributed by atoms with Crippen molar-refractivity contribution in [3.8, 4) is 11.5 Å². The smallest absolute Gasteiger partial charge is 0.295 e. The lowest BCUT2D eigenvalue weighted by Crippen LogP contribution is -2.35. The van der Waals surface area contributed by atoms with Gasteiger partial charge in [0, 0.05) is 18.7 Å². The number of hydrogen-bond donors (Lipinski definition) is 1. The Balaban J connectivity index is 2.06. The first kappa shape index (κ1) is 25.3. The molecule has 0 saturated carbocycles. The number of amides is 1. The average molecular weight is 467 g/mol. The molecule has 0 aliphatic carbocycles. The number of aliphatic hydroxyl groups is 1. The monoisotopic (exact) mass is 466 g/mol. The lowest BCUT2D eigenvalue weighted by atomic mass is 9.94. The van der Waals surface area contributed by atoms with Gasteiger partial charge in [-0.3, -0.25) is 9.59 Å². The summed E-state index contributed by atoms with van der Waals surface area (Å²) in [5, 5.41) is 11.3. The number of aliphatic hydroxyl groups excluding tert-OH is 1. The molecule has 3 rings (SSSR count). The average Bonchev–Trinajstić information content (AvgIpc) is 3.07. The van der Waals surface area contributed by atoms with Crippen molar-refractivity contribution in [1.29, 1.82) is 0 Å². The summed E-state index contributed by atoms with van der Waals surface area (Å²) >= 11 is 0. The van der Waals surface area contributed by atoms with Crippen molar-refractivity contribution in [2.45, 2.75) is 32.7 Å². The van der Waals surface area contributed by atoms with Crippen LogP contribution >= 0.6 is 0 Å². The number of ether oxygens (including phenoxy) is 2. The zero-order valence-electron chi connectivity index (χ0n) is 20.6. The Hall–Kier alpha value is -3.32. The van der Waals surface area contributed by atoms with Gasteiger partial charge in [0.1, 0.15) is 17.3 Å². The number of Topliss-reactive ketones (excluding diaryl/α,β-unsaturated/α-hetero) is 1. The zero-order chi connectivity index (χ0) is 24.8. The molecule has 2 aromatic carbocycles. The van der Waals surface area contributed by atoms with E-state index in [1.807, 2.05) is 50.2 Å². The second-order valence-electron chi connectivity index (χ2n) is 8.75. The predicted octanol–water partition coefficient (Wildman–Crippen LogP) is 4.17. The van der Waals surface area contributed by atoms with Crippen molar-refractivity contribution >= 4 is 17.4 Å². The predicted molar refractivity (Wildman–Crippen MR) is 132 cm³/mol. The van der Waals surface area contributed by atoms with Crippen LogP contribution in [0.2, 0.25) is 0 Å². The zero-order valence-corrected chi connectivity index (χ0v) is 20.6. The van der Waals surface area contributed by atoms with E-state index in [0.717, 1.165) is 29.7 Å². The largest absolute Gasteiger partial charge is 0.507 e. The Kier molecular flexibility index (Phi) is 8.34. The first-order valence-electron chi connectivity index (χ1n) is 11.6. The Morgan fingerprint density at radius 2 is 1.76 bits per heavy atom. The van der Waals surface area contributed by atoms with Crippen molar-refractivity contribution in [3.05, 3.63) is 64.7 Å². The summed E-state index contributed by atoms with van der Waals surface area (Å²) in [5.74, 6) is -0.0918. The van der Waals surface area contributed by atoms with Gasteiger partial charge >= 0.3 is 0 Å². The summed E-state index contributed by atoms with van der Waals surface area (Å²) in [4.78, 5) is 29.7. The Labute approximate surface area is 201 Å². The van der Waals surface area contributed by atoms with Crippen molar-refractivity contribution in [2.24, 2.45) is 0 Å². The molecule has 182 valence electrons. The fourth-order valence-electron chi connectivity index (χ4n) is 4.02. The van der Waals surface area contributed by atoms with E-state index in [9.17, 15) is 14.7 Å². The van der Waals surface area contributed by atoms with Crippen LogP contribution in [0.3, 0.4) is 0 Å². The second-order valence-corrected chi connectivity index (χ2v) is 8.75. The van der Waals surface area contributed by atoms with E-state index in [0.29, 0.717) is 31.0 Å². The molecule has 1 N–H and O–H groups in total. The summed E-state index contributed by atoms with van der Waals surface area (Å²) in [6.07, 6.45) is 2.01. The van der Waals surface area contributed by atoms with Crippen molar-refractivity contribution in [2.75, 3.05) is 40.9 Å². The molecule has 1 atom stereocenters. The summed E-state index contributed by atoms with van der Waals surface area (Å²) in [5.41, 5.74) is 2.08. The number of unbranched alkanes of at least 4 members (excludes halogenated alkanes) is 1. The molecule has 0 aromatic heterocycles. The number of carbonyl (C=O) groups is 2. The molecular weight excluding hydrogens is 432 g/mol. The molecule has 1 amide bonds. The molecular formula is C27H34N2O5. The molecule has 34 heavy (non-hydrogen) atoms. The van der Waals surface area contributed by atoms with Crippen LogP contribution in [0.1, 0.15) is 42.5 Å². The number of aryl methyl sites for hydroxylation is 1. The summed E-state index contributed by atoms with van der Waals surface area (Å²) in [7, 11) is 5.39. The minimum Gasteiger partial charge on any atom is -0.507 e. The Morgan fingerprint density at radius 3 is 2.35 bits per heavy atom. The maximum absolute atomic E-state index is 13.2. The fourth-order valence-corrected chi connectivity index (χ4v) is 4.02. The van der Waals surface area contributed by atoms with Crippen LogP contribution in [0.25, 0.3) is 5.76 Å². The highest BCUT2D eigenvalue weighted by atomic mass is 16.5. The van der Waals surface area contributed by atoms with Gasteiger partial charge in [0.15, 0.2) is 0 Å². The molecule has 1 aliphatic rings. The van der Waals surface area contributed by atoms with Gasteiger partial charge in [-0.05, 0) is 68.9 Å². The van der Waals surface area contributed by atoms with E-state index in [4.69, 9.17) is 9.47 Å². The molecule has 1 aliphatic heterocycles. The van der Waals surface area contributed by atoms with Crippen LogP contribution in [0.4, 0.5) is 0 Å². The number of rotatable bonds is 10. The minimum absolute atomic E-state index is 0.0941. The van der Waals surface area contributed by atoms with Gasteiger partial charge < -0.3 is 24.4 Å². The quantitative estimate of drug-likeness (QED) is 0.245. The van der Waals surface area contributed by atoms with E-state index in [1.165, 1.54) is 0 Å². The van der Waals surface area contributed by atoms with Crippen LogP contribution in [-0.4, -0.2) is 67.5 Å². The highest BCUT2D eigenvalue weighted by molar-refractivity contribution is 6.46. The number of nitrogens with zero attached hydrogens (tertiary/aromatic N) is 2. The van der Waals surface area contributed by atoms with Gasteiger partial charge in [-0.2, -0.15) is 0 Å². The third-order valence-corrected chi connectivity index (χ3v) is 5.98. The molecule has 1 unspecified atom stereocenters. The molecule has 7 heteroatoms. The number of methoxy groups -OCH3 is 1. The van der Waals surface area contributed by atoms with Crippen LogP contribution in [0.5, 0.6) is 11.5 Å². The number of benzene rings is 2. The lowest BCUT2D eigenvalue weighted by Gasteiger charge is -2.26. The summed E-state index contributed by atoms with van der Waals surface area (Å²) in [6, 6.07) is 11.9. The number of carbonyl (C=O) groups excluding carboxylic acids is 2. The van der Waals surface area contributed by atoms with Gasteiger partial charge in [-0.25, -0.2) is 0 Å². The third-order valence-electron chi connectivity index (χ3n) is 5.98. The van der Waals surface area contributed by atoms with Gasteiger partial charge in [0.25, 0.3) is 11.7 Å². The van der Waals surface area contributed by atoms with E-state index in [-0.39, 0.29) is 11.3 Å². The third kappa shape index (κ3) is 5.42. The minimum atomic E-state index is -0.689. The van der Waals surface area contributed by atoms with Crippen molar-refractivity contribution in [1.82, 2.24) is 9.80 Å². The second kappa shape index (κ2) is 11.2. The maximum atomic E-state index is 13.2. The summed E-state index contributed by atoms with van der Waals surface area (Å²) < 4.78 is 11.0. The van der Waals surface area contributed by atoms with Gasteiger partial charge in [-0.1, -0.05) is 25.5 Å². The molecule has 0 bridgehead atoms. The fraction of sp³-hybridized carbons (Fsp3) is 0.407. The Bertz CT molecular complexity index is 1060. The molecule has 2 aromatic rings. The number of likely N-dealkylation sites (tertiary alicyclic amines) is 1. The number of ketones is 1. The first-order valence-corrected chi connectivity index (χ1v) is 11.6. The summed E-state index contributed by atoms with van der Waals surface area (Å²) in [6.45, 7) is 5.51. The van der Waals surface area contributed by atoms with E-state index in [2.05, 4.69) is 6.92 Å². The number of likely N-dealkylation sites (N-methyl/N-ethyl adjacent to an activating group) is 1. The molecule has 1 heterocycles. The van der Waals surface area contributed by atoms with Crippen molar-refractivity contribution in [3.63, 3.8) is 0 Å². The van der Waals surface area contributed by atoms with Gasteiger partial charge in [0.2, 0.25) is 0 Å². The van der Waals surface area contributed by atoms with Crippen LogP contribution in [-0.2, 0) is 9.59 Å². The number of hydrogen-bond acceptors (Lipinski definition) is 6. The molecule has 1 fully saturated rings.